The van der Waals surface area contributed by atoms with Crippen molar-refractivity contribution in [2.45, 2.75) is 77.6 Å². The van der Waals surface area contributed by atoms with E-state index in [-0.39, 0.29) is 0 Å². The number of hydrogen-bond donors (Lipinski definition) is 0. The first-order valence-corrected chi connectivity index (χ1v) is 13.5. The second-order valence-electron chi connectivity index (χ2n) is 7.69. The summed E-state index contributed by atoms with van der Waals surface area (Å²) in [6.45, 7) is 2.28. The van der Waals surface area contributed by atoms with Crippen LogP contribution in [0.4, 0.5) is 0 Å². The summed E-state index contributed by atoms with van der Waals surface area (Å²) in [5.74, 6) is 0. The molecule has 4 heteroatoms. The molecule has 0 aliphatic heterocycles. The molecule has 0 saturated carbocycles. The quantitative estimate of drug-likeness (QED) is 0.179. The van der Waals surface area contributed by atoms with E-state index in [9.17, 15) is 4.79 Å². The summed E-state index contributed by atoms with van der Waals surface area (Å²) in [6, 6.07) is 10.8. The van der Waals surface area contributed by atoms with Gasteiger partial charge in [0, 0.05) is 19.5 Å². The highest BCUT2D eigenvalue weighted by Gasteiger charge is 2.14. The van der Waals surface area contributed by atoms with Crippen LogP contribution in [0, 0.1) is 0 Å². The standard InChI is InChI=1S/C25H32OS3/c1-2-3-4-5-6-7-8-9-10-11-13-20-18-24(22-14-12-17-27-22)29-25(20)23-16-15-21(19-26)28-23/h12,14-19H,2-11,13H2,1H3. The number of thiophene rings is 3. The van der Waals surface area contributed by atoms with E-state index in [1.54, 1.807) is 22.7 Å². The number of unbranched alkanes of at least 4 members (excludes halogenated alkanes) is 9. The van der Waals surface area contributed by atoms with Gasteiger partial charge in [-0.1, -0.05) is 70.8 Å². The molecule has 3 aromatic heterocycles. The molecule has 0 atom stereocenters. The molecule has 0 radical (unpaired) electrons. The first-order valence-electron chi connectivity index (χ1n) is 11.0. The van der Waals surface area contributed by atoms with E-state index in [0.29, 0.717) is 0 Å². The molecule has 1 nitrogen and oxygen atoms in total. The number of rotatable bonds is 14. The zero-order valence-corrected chi connectivity index (χ0v) is 19.9. The predicted molar refractivity (Wildman–Crippen MR) is 132 cm³/mol. The van der Waals surface area contributed by atoms with E-state index < -0.39 is 0 Å². The van der Waals surface area contributed by atoms with Crippen molar-refractivity contribution in [1.82, 2.24) is 0 Å². The number of carbonyl (C=O) groups excluding carboxylic acids is 1. The Morgan fingerprint density at radius 3 is 2.14 bits per heavy atom. The van der Waals surface area contributed by atoms with E-state index in [2.05, 4.69) is 36.6 Å². The minimum Gasteiger partial charge on any atom is -0.297 e. The molecule has 3 rings (SSSR count). The summed E-state index contributed by atoms with van der Waals surface area (Å²) in [5, 5.41) is 2.15. The van der Waals surface area contributed by atoms with Gasteiger partial charge < -0.3 is 0 Å². The molecule has 0 spiro atoms. The third kappa shape index (κ3) is 6.91. The Labute approximate surface area is 187 Å². The molecule has 0 amide bonds. The van der Waals surface area contributed by atoms with Crippen LogP contribution in [0.25, 0.3) is 19.5 Å². The summed E-state index contributed by atoms with van der Waals surface area (Å²) in [6.07, 6.45) is 15.8. The number of carbonyl (C=O) groups is 1. The van der Waals surface area contributed by atoms with Crippen LogP contribution in [0.3, 0.4) is 0 Å². The van der Waals surface area contributed by atoms with Gasteiger partial charge in [0.2, 0.25) is 0 Å². The lowest BCUT2D eigenvalue weighted by Gasteiger charge is -2.04. The molecule has 0 saturated heterocycles. The highest BCUT2D eigenvalue weighted by molar-refractivity contribution is 7.26. The van der Waals surface area contributed by atoms with Crippen molar-refractivity contribution in [3.63, 3.8) is 0 Å². The lowest BCUT2D eigenvalue weighted by molar-refractivity contribution is 0.112. The lowest BCUT2D eigenvalue weighted by atomic mass is 10.0. The molecule has 29 heavy (non-hydrogen) atoms. The van der Waals surface area contributed by atoms with E-state index in [1.165, 1.54) is 89.3 Å². The summed E-state index contributed by atoms with van der Waals surface area (Å²) in [5.41, 5.74) is 1.46. The fourth-order valence-electron chi connectivity index (χ4n) is 3.70. The Kier molecular flexibility index (Phi) is 9.65. The van der Waals surface area contributed by atoms with Crippen LogP contribution in [0.2, 0.25) is 0 Å². The Balaban J connectivity index is 1.52. The molecule has 0 bridgehead atoms. The normalized spacial score (nSPS) is 11.2. The van der Waals surface area contributed by atoms with Crippen LogP contribution in [0.5, 0.6) is 0 Å². The summed E-state index contributed by atoms with van der Waals surface area (Å²) in [4.78, 5) is 17.2. The molecule has 0 aliphatic rings. The summed E-state index contributed by atoms with van der Waals surface area (Å²) >= 11 is 5.30. The van der Waals surface area contributed by atoms with Crippen LogP contribution in [0.1, 0.15) is 86.4 Å². The fraction of sp³-hybridized carbons (Fsp3) is 0.480. The maximum atomic E-state index is 11.1. The van der Waals surface area contributed by atoms with Gasteiger partial charge in [0.15, 0.2) is 6.29 Å². The van der Waals surface area contributed by atoms with Gasteiger partial charge in [0.05, 0.1) is 4.88 Å². The summed E-state index contributed by atoms with van der Waals surface area (Å²) < 4.78 is 0. The molecule has 0 fully saturated rings. The van der Waals surface area contributed by atoms with Gasteiger partial charge in [-0.05, 0) is 48.1 Å². The van der Waals surface area contributed by atoms with Crippen LogP contribution in [-0.2, 0) is 6.42 Å². The molecule has 0 unspecified atom stereocenters. The molecule has 0 N–H and O–H groups in total. The first-order chi connectivity index (χ1) is 14.3. The van der Waals surface area contributed by atoms with Crippen molar-refractivity contribution < 1.29 is 4.79 Å². The van der Waals surface area contributed by atoms with Crippen molar-refractivity contribution in [2.24, 2.45) is 0 Å². The largest absolute Gasteiger partial charge is 0.297 e. The smallest absolute Gasteiger partial charge is 0.160 e. The zero-order chi connectivity index (χ0) is 20.3. The maximum absolute atomic E-state index is 11.1. The number of aryl methyl sites for hydroxylation is 1. The second kappa shape index (κ2) is 12.5. The Morgan fingerprint density at radius 1 is 0.793 bits per heavy atom. The predicted octanol–water partition coefficient (Wildman–Crippen LogP) is 9.48. The average Bonchev–Trinajstić information content (AvgIpc) is 3.49. The molecular formula is C25H32OS3. The minimum atomic E-state index is 0.816. The molecule has 0 aliphatic carbocycles. The third-order valence-electron chi connectivity index (χ3n) is 5.34. The Morgan fingerprint density at radius 2 is 1.52 bits per heavy atom. The topological polar surface area (TPSA) is 17.1 Å². The van der Waals surface area contributed by atoms with Gasteiger partial charge >= 0.3 is 0 Å². The zero-order valence-electron chi connectivity index (χ0n) is 17.5. The average molecular weight is 445 g/mol. The molecule has 0 aromatic carbocycles. The molecule has 156 valence electrons. The van der Waals surface area contributed by atoms with Crippen molar-refractivity contribution in [2.75, 3.05) is 0 Å². The van der Waals surface area contributed by atoms with Crippen LogP contribution in [-0.4, -0.2) is 6.29 Å². The molecule has 3 heterocycles. The second-order valence-corrected chi connectivity index (χ2v) is 10.8. The van der Waals surface area contributed by atoms with Gasteiger partial charge in [0.25, 0.3) is 0 Å². The Bertz CT molecular complexity index is 841. The van der Waals surface area contributed by atoms with Crippen molar-refractivity contribution in [1.29, 1.82) is 0 Å². The van der Waals surface area contributed by atoms with E-state index >= 15 is 0 Å². The Hall–Kier alpha value is -1.23. The maximum Gasteiger partial charge on any atom is 0.160 e. The van der Waals surface area contributed by atoms with Crippen LogP contribution in [0.15, 0.2) is 35.7 Å². The van der Waals surface area contributed by atoms with Gasteiger partial charge in [-0.2, -0.15) is 0 Å². The van der Waals surface area contributed by atoms with Gasteiger partial charge in [-0.25, -0.2) is 0 Å². The molecular weight excluding hydrogens is 412 g/mol. The monoisotopic (exact) mass is 444 g/mol. The van der Waals surface area contributed by atoms with Gasteiger partial charge in [-0.15, -0.1) is 34.0 Å². The minimum absolute atomic E-state index is 0.816. The highest BCUT2D eigenvalue weighted by Crippen LogP contribution is 2.42. The van der Waals surface area contributed by atoms with Crippen LogP contribution >= 0.6 is 34.0 Å². The van der Waals surface area contributed by atoms with E-state index in [4.69, 9.17) is 0 Å². The van der Waals surface area contributed by atoms with Gasteiger partial charge in [0.1, 0.15) is 0 Å². The van der Waals surface area contributed by atoms with Crippen LogP contribution < -0.4 is 0 Å². The number of aldehydes is 1. The number of hydrogen-bond acceptors (Lipinski definition) is 4. The summed E-state index contributed by atoms with van der Waals surface area (Å²) in [7, 11) is 0. The first kappa shape index (κ1) is 22.5. The molecule has 3 aromatic rings. The fourth-order valence-corrected chi connectivity index (χ4v) is 6.71. The van der Waals surface area contributed by atoms with Crippen molar-refractivity contribution >= 4 is 40.3 Å². The highest BCUT2D eigenvalue weighted by atomic mass is 32.1. The van der Waals surface area contributed by atoms with Crippen molar-refractivity contribution in [3.05, 3.63) is 46.2 Å². The van der Waals surface area contributed by atoms with E-state index in [1.807, 2.05) is 17.4 Å². The third-order valence-corrected chi connectivity index (χ3v) is 8.77. The van der Waals surface area contributed by atoms with Crippen molar-refractivity contribution in [3.8, 4) is 19.5 Å². The lowest BCUT2D eigenvalue weighted by Crippen LogP contribution is -1.86. The van der Waals surface area contributed by atoms with E-state index in [0.717, 1.165) is 17.6 Å². The SMILES string of the molecule is CCCCCCCCCCCCc1cc(-c2cccs2)sc1-c1ccc(C=O)s1. The van der Waals surface area contributed by atoms with Gasteiger partial charge in [-0.3, -0.25) is 4.79 Å².